The summed E-state index contributed by atoms with van der Waals surface area (Å²) in [5.41, 5.74) is 0.938. The minimum atomic E-state index is -0.336. The lowest BCUT2D eigenvalue weighted by Gasteiger charge is -2.20. The molecule has 0 saturated carbocycles. The van der Waals surface area contributed by atoms with E-state index in [2.05, 4.69) is 37.5 Å². The molecule has 0 unspecified atom stereocenters. The van der Waals surface area contributed by atoms with E-state index in [1.54, 1.807) is 24.3 Å². The Balaban J connectivity index is 2.09. The molecule has 0 radical (unpaired) electrons. The van der Waals surface area contributed by atoms with E-state index in [-0.39, 0.29) is 11.9 Å². The second-order valence-corrected chi connectivity index (χ2v) is 15.2. The van der Waals surface area contributed by atoms with Crippen LogP contribution < -0.4 is 0 Å². The number of carbonyl (C=O) groups is 2. The molecule has 0 aliphatic carbocycles. The smallest absolute Gasteiger partial charge is 0.338 e. The minimum absolute atomic E-state index is 0.336. The summed E-state index contributed by atoms with van der Waals surface area (Å²) in [7, 11) is 0. The molecule has 0 aliphatic heterocycles. The Bertz CT molecular complexity index is 862. The number of hydrogen-bond donors (Lipinski definition) is 0. The number of unbranched alkanes of at least 4 members (excludes halogenated alkanes) is 22. The van der Waals surface area contributed by atoms with Crippen molar-refractivity contribution in [2.45, 2.75) is 195 Å². The molecule has 1 aromatic carbocycles. The van der Waals surface area contributed by atoms with Crippen LogP contribution in [0, 0.1) is 0 Å². The maximum atomic E-state index is 12.6. The van der Waals surface area contributed by atoms with Gasteiger partial charge in [-0.15, -0.1) is 0 Å². The molecule has 0 saturated heterocycles. The quantitative estimate of drug-likeness (QED) is 0.0499. The summed E-state index contributed by atoms with van der Waals surface area (Å²) < 4.78 is 11.1. The number of ether oxygens (including phenoxy) is 2. The van der Waals surface area contributed by atoms with E-state index in [4.69, 9.17) is 9.47 Å². The van der Waals surface area contributed by atoms with E-state index in [0.717, 1.165) is 52.1 Å². The maximum Gasteiger partial charge on any atom is 0.338 e. The zero-order valence-electron chi connectivity index (χ0n) is 34.9. The van der Waals surface area contributed by atoms with E-state index < -0.39 is 0 Å². The van der Waals surface area contributed by atoms with Gasteiger partial charge in [0.25, 0.3) is 0 Å². The second-order valence-electron chi connectivity index (χ2n) is 15.2. The van der Waals surface area contributed by atoms with Gasteiger partial charge in [-0.1, -0.05) is 169 Å². The lowest BCUT2D eigenvalue weighted by molar-refractivity contribution is 0.0474. The Morgan fingerprint density at radius 1 is 0.385 bits per heavy atom. The maximum absolute atomic E-state index is 12.6. The first-order valence-electron chi connectivity index (χ1n) is 22.4. The molecule has 0 aromatic heterocycles. The SMILES string of the molecule is CCCCCCCCCCCCCCN(CC)CCCOC(=O)c1ccc(C(=O)OCCCN(CC)CCCCCCCCCCCCCC)cc1. The van der Waals surface area contributed by atoms with Gasteiger partial charge >= 0.3 is 11.9 Å². The van der Waals surface area contributed by atoms with Gasteiger partial charge in [-0.3, -0.25) is 0 Å². The molecule has 0 N–H and O–H groups in total. The molecule has 52 heavy (non-hydrogen) atoms. The van der Waals surface area contributed by atoms with Gasteiger partial charge in [-0.05, 0) is 76.1 Å². The van der Waals surface area contributed by atoms with Gasteiger partial charge in [0, 0.05) is 13.1 Å². The first kappa shape index (κ1) is 48.1. The van der Waals surface area contributed by atoms with Crippen molar-refractivity contribution in [3.63, 3.8) is 0 Å². The van der Waals surface area contributed by atoms with Gasteiger partial charge in [0.15, 0.2) is 0 Å². The summed E-state index contributed by atoms with van der Waals surface area (Å²) in [6, 6.07) is 6.66. The van der Waals surface area contributed by atoms with Crippen molar-refractivity contribution in [2.24, 2.45) is 0 Å². The van der Waals surface area contributed by atoms with Crippen molar-refractivity contribution in [1.29, 1.82) is 0 Å². The molecule has 0 heterocycles. The van der Waals surface area contributed by atoms with E-state index in [0.29, 0.717) is 24.3 Å². The van der Waals surface area contributed by atoms with Crippen LogP contribution in [0.4, 0.5) is 0 Å². The minimum Gasteiger partial charge on any atom is -0.462 e. The number of hydrogen-bond acceptors (Lipinski definition) is 6. The molecule has 0 aliphatic rings. The highest BCUT2D eigenvalue weighted by molar-refractivity contribution is 5.93. The summed E-state index contributed by atoms with van der Waals surface area (Å²) in [4.78, 5) is 30.1. The van der Waals surface area contributed by atoms with Gasteiger partial charge < -0.3 is 19.3 Å². The normalized spacial score (nSPS) is 11.5. The summed E-state index contributed by atoms with van der Waals surface area (Å²) >= 11 is 0. The van der Waals surface area contributed by atoms with Gasteiger partial charge in [0.2, 0.25) is 0 Å². The van der Waals surface area contributed by atoms with Crippen LogP contribution in [0.25, 0.3) is 0 Å². The topological polar surface area (TPSA) is 59.1 Å². The average Bonchev–Trinajstić information content (AvgIpc) is 3.17. The third-order valence-electron chi connectivity index (χ3n) is 10.6. The third-order valence-corrected chi connectivity index (χ3v) is 10.6. The van der Waals surface area contributed by atoms with Crippen molar-refractivity contribution in [3.05, 3.63) is 35.4 Å². The molecule has 302 valence electrons. The van der Waals surface area contributed by atoms with E-state index in [1.807, 2.05) is 0 Å². The molecule has 0 atom stereocenters. The monoisotopic (exact) mass is 729 g/mol. The van der Waals surface area contributed by atoms with Crippen LogP contribution in [-0.2, 0) is 9.47 Å². The molecule has 0 bridgehead atoms. The highest BCUT2D eigenvalue weighted by Gasteiger charge is 2.12. The highest BCUT2D eigenvalue weighted by Crippen LogP contribution is 2.14. The zero-order valence-corrected chi connectivity index (χ0v) is 34.9. The lowest BCUT2D eigenvalue weighted by Crippen LogP contribution is -2.27. The molecular weight excluding hydrogens is 645 g/mol. The first-order chi connectivity index (χ1) is 25.5. The number of esters is 2. The lowest BCUT2D eigenvalue weighted by atomic mass is 10.1. The number of benzene rings is 1. The fourth-order valence-electron chi connectivity index (χ4n) is 7.02. The Morgan fingerprint density at radius 2 is 0.635 bits per heavy atom. The van der Waals surface area contributed by atoms with Crippen LogP contribution in [0.3, 0.4) is 0 Å². The Labute approximate surface area is 322 Å². The van der Waals surface area contributed by atoms with Gasteiger partial charge in [0.05, 0.1) is 24.3 Å². The zero-order chi connectivity index (χ0) is 37.7. The summed E-state index contributed by atoms with van der Waals surface area (Å²) in [5, 5.41) is 0. The molecule has 0 amide bonds. The molecule has 6 nitrogen and oxygen atoms in total. The van der Waals surface area contributed by atoms with E-state index in [1.165, 1.54) is 154 Å². The van der Waals surface area contributed by atoms with Crippen molar-refractivity contribution < 1.29 is 19.1 Å². The molecule has 0 spiro atoms. The van der Waals surface area contributed by atoms with E-state index >= 15 is 0 Å². The molecule has 1 rings (SSSR count). The summed E-state index contributed by atoms with van der Waals surface area (Å²) in [6.07, 6.45) is 34.6. The average molecular weight is 729 g/mol. The standard InChI is InChI=1S/C46H84N2O4/c1-5-9-11-13-15-17-19-21-23-25-27-29-37-47(7-3)39-31-41-51-45(49)43-33-35-44(36-34-43)46(50)52-42-32-40-48(8-4)38-30-28-26-24-22-20-18-16-14-12-10-6-2/h33-36H,5-32,37-42H2,1-4H3. The van der Waals surface area contributed by atoms with Crippen molar-refractivity contribution >= 4 is 11.9 Å². The largest absolute Gasteiger partial charge is 0.462 e. The van der Waals surface area contributed by atoms with E-state index in [9.17, 15) is 9.59 Å². The van der Waals surface area contributed by atoms with Gasteiger partial charge in [-0.2, -0.15) is 0 Å². The van der Waals surface area contributed by atoms with Crippen LogP contribution in [0.1, 0.15) is 215 Å². The van der Waals surface area contributed by atoms with Crippen LogP contribution in [0.15, 0.2) is 24.3 Å². The highest BCUT2D eigenvalue weighted by atomic mass is 16.5. The number of nitrogens with zero attached hydrogens (tertiary/aromatic N) is 2. The molecule has 6 heteroatoms. The van der Waals surface area contributed by atoms with Crippen LogP contribution >= 0.6 is 0 Å². The van der Waals surface area contributed by atoms with Crippen LogP contribution in [0.5, 0.6) is 0 Å². The third kappa shape index (κ3) is 27.7. The fraction of sp³-hybridized carbons (Fsp3) is 0.826. The Kier molecular flexibility index (Phi) is 33.4. The van der Waals surface area contributed by atoms with Gasteiger partial charge in [0.1, 0.15) is 0 Å². The number of rotatable bonds is 38. The van der Waals surface area contributed by atoms with Crippen molar-refractivity contribution in [1.82, 2.24) is 9.80 Å². The molecule has 0 fully saturated rings. The van der Waals surface area contributed by atoms with Crippen molar-refractivity contribution in [3.8, 4) is 0 Å². The Hall–Kier alpha value is -1.92. The van der Waals surface area contributed by atoms with Crippen molar-refractivity contribution in [2.75, 3.05) is 52.5 Å². The second kappa shape index (κ2) is 36.1. The summed E-state index contributed by atoms with van der Waals surface area (Å²) in [6.45, 7) is 16.0. The van der Waals surface area contributed by atoms with Crippen LogP contribution in [0.2, 0.25) is 0 Å². The van der Waals surface area contributed by atoms with Crippen LogP contribution in [-0.4, -0.2) is 74.2 Å². The number of carbonyl (C=O) groups excluding carboxylic acids is 2. The first-order valence-corrected chi connectivity index (χ1v) is 22.4. The molecular formula is C46H84N2O4. The predicted octanol–water partition coefficient (Wildman–Crippen LogP) is 12.8. The summed E-state index contributed by atoms with van der Waals surface area (Å²) in [5.74, 6) is -0.673. The predicted molar refractivity (Wildman–Crippen MR) is 223 cm³/mol. The van der Waals surface area contributed by atoms with Gasteiger partial charge in [-0.25, -0.2) is 9.59 Å². The fourth-order valence-corrected chi connectivity index (χ4v) is 7.02. The Morgan fingerprint density at radius 3 is 0.904 bits per heavy atom. The molecule has 1 aromatic rings.